The average Bonchev–Trinajstić information content (AvgIpc) is 2.08. The smallest absolute Gasteiger partial charge is 0.318 e. The van der Waals surface area contributed by atoms with Gasteiger partial charge in [-0.25, -0.2) is 0 Å². The second kappa shape index (κ2) is 2.89. The molecular formula is C8H12O2S. The van der Waals surface area contributed by atoms with Crippen LogP contribution in [0.2, 0.25) is 0 Å². The van der Waals surface area contributed by atoms with Crippen LogP contribution < -0.4 is 0 Å². The minimum absolute atomic E-state index is 0.149. The van der Waals surface area contributed by atoms with E-state index in [1.165, 1.54) is 0 Å². The number of thiocarbonyl (C=S) groups is 1. The molecule has 1 rings (SSSR count). The molecule has 1 saturated heterocycles. The van der Waals surface area contributed by atoms with Gasteiger partial charge in [-0.15, -0.1) is 0 Å². The lowest BCUT2D eigenvalue weighted by Crippen LogP contribution is -2.21. The Kier molecular flexibility index (Phi) is 2.28. The molecule has 1 aliphatic rings. The van der Waals surface area contributed by atoms with Crippen molar-refractivity contribution in [1.29, 1.82) is 0 Å². The molecule has 0 aliphatic carbocycles. The van der Waals surface area contributed by atoms with Crippen LogP contribution in [0.25, 0.3) is 0 Å². The molecule has 0 bridgehead atoms. The highest BCUT2D eigenvalue weighted by Crippen LogP contribution is 2.35. The van der Waals surface area contributed by atoms with Crippen LogP contribution in [0.15, 0.2) is 0 Å². The fourth-order valence-electron chi connectivity index (χ4n) is 1.40. The highest BCUT2D eigenvalue weighted by molar-refractivity contribution is 7.80. The molecule has 0 N–H and O–H groups in total. The third kappa shape index (κ3) is 1.59. The van der Waals surface area contributed by atoms with Crippen molar-refractivity contribution in [3.63, 3.8) is 0 Å². The van der Waals surface area contributed by atoms with Gasteiger partial charge in [0.1, 0.15) is 0 Å². The summed E-state index contributed by atoms with van der Waals surface area (Å²) in [5.41, 5.74) is -0.328. The van der Waals surface area contributed by atoms with Crippen LogP contribution in [0, 0.1) is 5.41 Å². The molecule has 1 fully saturated rings. The predicted octanol–water partition coefficient (Wildman–Crippen LogP) is 2.07. The van der Waals surface area contributed by atoms with Crippen molar-refractivity contribution < 1.29 is 9.53 Å². The van der Waals surface area contributed by atoms with E-state index in [0.717, 1.165) is 12.8 Å². The van der Waals surface area contributed by atoms with Gasteiger partial charge in [0, 0.05) is 6.42 Å². The SMILES string of the molecule is CCCC1(C)CC(=S)OC1=O. The largest absolute Gasteiger partial charge is 0.419 e. The summed E-state index contributed by atoms with van der Waals surface area (Å²) >= 11 is 4.82. The van der Waals surface area contributed by atoms with Crippen LogP contribution >= 0.6 is 12.2 Å². The quantitative estimate of drug-likeness (QED) is 0.471. The first kappa shape index (κ1) is 8.65. The number of hydrogen-bond acceptors (Lipinski definition) is 3. The molecule has 11 heavy (non-hydrogen) atoms. The van der Waals surface area contributed by atoms with E-state index in [4.69, 9.17) is 17.0 Å². The van der Waals surface area contributed by atoms with Crippen molar-refractivity contribution in [2.75, 3.05) is 0 Å². The van der Waals surface area contributed by atoms with Crippen LogP contribution in [-0.4, -0.2) is 11.0 Å². The number of esters is 1. The Hall–Kier alpha value is -0.440. The van der Waals surface area contributed by atoms with Gasteiger partial charge >= 0.3 is 5.97 Å². The molecule has 3 heteroatoms. The molecule has 0 amide bonds. The molecule has 0 aromatic carbocycles. The van der Waals surface area contributed by atoms with Crippen LogP contribution in [0.3, 0.4) is 0 Å². The highest BCUT2D eigenvalue weighted by atomic mass is 32.1. The number of cyclic esters (lactones) is 1. The molecule has 1 atom stereocenters. The Morgan fingerprint density at radius 1 is 1.73 bits per heavy atom. The Morgan fingerprint density at radius 3 is 2.73 bits per heavy atom. The van der Waals surface area contributed by atoms with Crippen molar-refractivity contribution >= 4 is 23.2 Å². The third-order valence-corrected chi connectivity index (χ3v) is 2.26. The van der Waals surface area contributed by atoms with Gasteiger partial charge in [-0.1, -0.05) is 13.3 Å². The van der Waals surface area contributed by atoms with Gasteiger partial charge in [-0.2, -0.15) is 0 Å². The molecule has 0 radical (unpaired) electrons. The van der Waals surface area contributed by atoms with E-state index in [1.54, 1.807) is 0 Å². The Balaban J connectivity index is 2.70. The zero-order valence-electron chi connectivity index (χ0n) is 6.85. The van der Waals surface area contributed by atoms with Gasteiger partial charge in [0.2, 0.25) is 0 Å². The lowest BCUT2D eigenvalue weighted by Gasteiger charge is -2.15. The summed E-state index contributed by atoms with van der Waals surface area (Å²) in [7, 11) is 0. The monoisotopic (exact) mass is 172 g/mol. The Labute approximate surface area is 71.9 Å². The second-order valence-corrected chi connectivity index (χ2v) is 3.70. The summed E-state index contributed by atoms with van der Waals surface area (Å²) in [5.74, 6) is -0.149. The molecule has 1 heterocycles. The minimum atomic E-state index is -0.328. The number of hydrogen-bond donors (Lipinski definition) is 0. The van der Waals surface area contributed by atoms with Crippen LogP contribution in [0.4, 0.5) is 0 Å². The summed E-state index contributed by atoms with van der Waals surface area (Å²) in [5, 5.41) is 0.450. The third-order valence-electron chi connectivity index (χ3n) is 2.04. The van der Waals surface area contributed by atoms with E-state index in [9.17, 15) is 4.79 Å². The fourth-order valence-corrected chi connectivity index (χ4v) is 1.79. The first-order chi connectivity index (χ1) is 5.08. The summed E-state index contributed by atoms with van der Waals surface area (Å²) in [4.78, 5) is 11.2. The van der Waals surface area contributed by atoms with Crippen molar-refractivity contribution in [3.05, 3.63) is 0 Å². The highest BCUT2D eigenvalue weighted by Gasteiger charge is 2.42. The topological polar surface area (TPSA) is 26.3 Å². The van der Waals surface area contributed by atoms with Crippen molar-refractivity contribution in [1.82, 2.24) is 0 Å². The van der Waals surface area contributed by atoms with Crippen molar-refractivity contribution in [2.45, 2.75) is 33.1 Å². The van der Waals surface area contributed by atoms with Crippen LogP contribution in [0.5, 0.6) is 0 Å². The zero-order chi connectivity index (χ0) is 8.48. The minimum Gasteiger partial charge on any atom is -0.419 e. The van der Waals surface area contributed by atoms with Gasteiger partial charge in [0.25, 0.3) is 0 Å². The number of ether oxygens (including phenoxy) is 1. The van der Waals surface area contributed by atoms with Crippen LogP contribution in [0.1, 0.15) is 33.1 Å². The van der Waals surface area contributed by atoms with E-state index in [2.05, 4.69) is 6.92 Å². The first-order valence-electron chi connectivity index (χ1n) is 3.83. The first-order valence-corrected chi connectivity index (χ1v) is 4.24. The summed E-state index contributed by atoms with van der Waals surface area (Å²) in [6, 6.07) is 0. The Morgan fingerprint density at radius 2 is 2.36 bits per heavy atom. The lowest BCUT2D eigenvalue weighted by atomic mass is 9.84. The molecule has 2 nitrogen and oxygen atoms in total. The maximum atomic E-state index is 11.2. The molecule has 0 aromatic rings. The summed E-state index contributed by atoms with van der Waals surface area (Å²) in [6.07, 6.45) is 2.48. The summed E-state index contributed by atoms with van der Waals surface area (Å²) in [6.45, 7) is 3.97. The van der Waals surface area contributed by atoms with Crippen molar-refractivity contribution in [3.8, 4) is 0 Å². The molecule has 1 unspecified atom stereocenters. The lowest BCUT2D eigenvalue weighted by molar-refractivity contribution is -0.141. The van der Waals surface area contributed by atoms with Crippen LogP contribution in [-0.2, 0) is 9.53 Å². The zero-order valence-corrected chi connectivity index (χ0v) is 7.66. The normalized spacial score (nSPS) is 30.7. The number of carbonyl (C=O) groups is 1. The molecule has 0 spiro atoms. The van der Waals surface area contributed by atoms with Gasteiger partial charge in [0.15, 0.2) is 5.05 Å². The van der Waals surface area contributed by atoms with Crippen molar-refractivity contribution in [2.24, 2.45) is 5.41 Å². The molecular weight excluding hydrogens is 160 g/mol. The standard InChI is InChI=1S/C8H12O2S/c1-3-4-8(2)5-6(11)10-7(8)9/h3-5H2,1-2H3. The fraction of sp³-hybridized carbons (Fsp3) is 0.750. The maximum absolute atomic E-state index is 11.2. The molecule has 62 valence electrons. The predicted molar refractivity (Wildman–Crippen MR) is 46.3 cm³/mol. The Bertz CT molecular complexity index is 200. The van der Waals surface area contributed by atoms with E-state index < -0.39 is 0 Å². The maximum Gasteiger partial charge on any atom is 0.318 e. The molecule has 0 aromatic heterocycles. The van der Waals surface area contributed by atoms with E-state index in [1.807, 2.05) is 6.92 Å². The average molecular weight is 172 g/mol. The van der Waals surface area contributed by atoms with E-state index >= 15 is 0 Å². The molecule has 1 aliphatic heterocycles. The van der Waals surface area contributed by atoms with E-state index in [0.29, 0.717) is 11.5 Å². The van der Waals surface area contributed by atoms with Gasteiger partial charge in [0.05, 0.1) is 5.41 Å². The second-order valence-electron chi connectivity index (χ2n) is 3.25. The van der Waals surface area contributed by atoms with E-state index in [-0.39, 0.29) is 11.4 Å². The van der Waals surface area contributed by atoms with Gasteiger partial charge in [-0.3, -0.25) is 4.79 Å². The van der Waals surface area contributed by atoms with Gasteiger partial charge in [-0.05, 0) is 25.6 Å². The van der Waals surface area contributed by atoms with Gasteiger partial charge < -0.3 is 4.74 Å². The summed E-state index contributed by atoms with van der Waals surface area (Å²) < 4.78 is 4.82. The number of rotatable bonds is 2. The number of carbonyl (C=O) groups excluding carboxylic acids is 1. The molecule has 0 saturated carbocycles.